The number of rotatable bonds is 3. The second-order valence-corrected chi connectivity index (χ2v) is 7.49. The van der Waals surface area contributed by atoms with Crippen molar-refractivity contribution >= 4 is 18.1 Å². The van der Waals surface area contributed by atoms with Crippen LogP contribution in [-0.2, 0) is 18.4 Å². The Morgan fingerprint density at radius 3 is 2.38 bits per heavy atom. The topological polar surface area (TPSA) is 46.4 Å². The number of non-ortho nitro benzene ring substituents is 1. The van der Waals surface area contributed by atoms with E-state index in [1.807, 2.05) is 12.1 Å². The van der Waals surface area contributed by atoms with Gasteiger partial charge in [0.05, 0.1) is 4.92 Å². The van der Waals surface area contributed by atoms with Crippen LogP contribution in [0.25, 0.3) is 0 Å². The number of hydrogen-bond donors (Lipinski definition) is 0. The fourth-order valence-electron chi connectivity index (χ4n) is 4.65. The Morgan fingerprint density at radius 2 is 1.69 bits per heavy atom. The lowest BCUT2D eigenvalue weighted by molar-refractivity contribution is -0.384. The Bertz CT molecular complexity index is 768. The first kappa shape index (κ1) is 18.9. The molecule has 0 amide bonds. The van der Waals surface area contributed by atoms with Crippen LogP contribution in [0.5, 0.6) is 0 Å². The maximum atomic E-state index is 10.8. The molecule has 0 saturated carbocycles. The minimum atomic E-state index is -0.338. The summed E-state index contributed by atoms with van der Waals surface area (Å²) in [6, 6.07) is 16.0. The van der Waals surface area contributed by atoms with Gasteiger partial charge in [-0.1, -0.05) is 36.4 Å². The van der Waals surface area contributed by atoms with Crippen molar-refractivity contribution < 1.29 is 4.92 Å². The van der Waals surface area contributed by atoms with Crippen LogP contribution in [0.4, 0.5) is 5.69 Å². The van der Waals surface area contributed by atoms with Crippen LogP contribution in [0.2, 0.25) is 0 Å². The minimum absolute atomic E-state index is 0. The molecule has 1 spiro atoms. The zero-order valence-electron chi connectivity index (χ0n) is 14.9. The molecule has 2 aromatic carbocycles. The monoisotopic (exact) mass is 372 g/mol. The van der Waals surface area contributed by atoms with Gasteiger partial charge in [0, 0.05) is 18.7 Å². The van der Waals surface area contributed by atoms with Crippen LogP contribution < -0.4 is 0 Å². The summed E-state index contributed by atoms with van der Waals surface area (Å²) < 4.78 is 0. The van der Waals surface area contributed by atoms with E-state index in [2.05, 4.69) is 29.2 Å². The molecule has 0 aromatic heterocycles. The first-order chi connectivity index (χ1) is 12.2. The summed E-state index contributed by atoms with van der Waals surface area (Å²) in [6.07, 6.45) is 6.28. The number of aryl methyl sites for hydroxylation is 1. The third-order valence-electron chi connectivity index (χ3n) is 6.06. The van der Waals surface area contributed by atoms with Crippen LogP contribution in [0, 0.1) is 10.1 Å². The van der Waals surface area contributed by atoms with Crippen LogP contribution in [0.3, 0.4) is 0 Å². The summed E-state index contributed by atoms with van der Waals surface area (Å²) in [5, 5.41) is 10.8. The molecule has 1 fully saturated rings. The highest BCUT2D eigenvalue weighted by molar-refractivity contribution is 5.85. The summed E-state index contributed by atoms with van der Waals surface area (Å²) in [5.41, 5.74) is 4.85. The summed E-state index contributed by atoms with van der Waals surface area (Å²) in [4.78, 5) is 12.9. The fraction of sp³-hybridized carbons (Fsp3) is 0.429. The second-order valence-electron chi connectivity index (χ2n) is 7.49. The van der Waals surface area contributed by atoms with Gasteiger partial charge in [-0.3, -0.25) is 15.0 Å². The molecule has 4 rings (SSSR count). The summed E-state index contributed by atoms with van der Waals surface area (Å²) in [5.74, 6) is 0. The molecule has 2 aromatic rings. The molecule has 0 atom stereocenters. The summed E-state index contributed by atoms with van der Waals surface area (Å²) >= 11 is 0. The molecular formula is C21H25ClN2O2. The molecule has 0 bridgehead atoms. The van der Waals surface area contributed by atoms with Crippen molar-refractivity contribution in [3.05, 3.63) is 75.3 Å². The number of nitro groups is 1. The molecular weight excluding hydrogens is 348 g/mol. The lowest BCUT2D eigenvalue weighted by Gasteiger charge is -2.45. The van der Waals surface area contributed by atoms with E-state index in [0.717, 1.165) is 25.2 Å². The molecule has 138 valence electrons. The number of benzene rings is 2. The molecule has 0 radical (unpaired) electrons. The van der Waals surface area contributed by atoms with Gasteiger partial charge >= 0.3 is 0 Å². The summed E-state index contributed by atoms with van der Waals surface area (Å²) in [7, 11) is 0. The van der Waals surface area contributed by atoms with Crippen LogP contribution >= 0.6 is 12.4 Å². The fourth-order valence-corrected chi connectivity index (χ4v) is 4.65. The van der Waals surface area contributed by atoms with E-state index in [9.17, 15) is 10.1 Å². The smallest absolute Gasteiger partial charge is 0.269 e. The average Bonchev–Trinajstić information content (AvgIpc) is 2.65. The van der Waals surface area contributed by atoms with Crippen molar-refractivity contribution in [2.45, 2.75) is 44.1 Å². The molecule has 4 nitrogen and oxygen atoms in total. The Hall–Kier alpha value is -1.91. The number of nitro benzene ring substituents is 1. The molecule has 0 N–H and O–H groups in total. The lowest BCUT2D eigenvalue weighted by Crippen LogP contribution is -2.44. The van der Waals surface area contributed by atoms with Crippen LogP contribution in [0.1, 0.15) is 42.4 Å². The van der Waals surface area contributed by atoms with E-state index in [-0.39, 0.29) is 23.0 Å². The van der Waals surface area contributed by atoms with Crippen molar-refractivity contribution in [2.24, 2.45) is 0 Å². The maximum absolute atomic E-state index is 10.8. The number of piperidine rings is 1. The maximum Gasteiger partial charge on any atom is 0.269 e. The van der Waals surface area contributed by atoms with E-state index < -0.39 is 0 Å². The quantitative estimate of drug-likeness (QED) is 0.569. The van der Waals surface area contributed by atoms with Gasteiger partial charge in [0.1, 0.15) is 0 Å². The predicted octanol–water partition coefficient (Wildman–Crippen LogP) is 4.89. The number of nitrogens with zero attached hydrogens (tertiary/aromatic N) is 2. The number of hydrogen-bond acceptors (Lipinski definition) is 3. The van der Waals surface area contributed by atoms with Crippen molar-refractivity contribution in [3.63, 3.8) is 0 Å². The van der Waals surface area contributed by atoms with E-state index >= 15 is 0 Å². The van der Waals surface area contributed by atoms with Gasteiger partial charge in [0.25, 0.3) is 5.69 Å². The van der Waals surface area contributed by atoms with Gasteiger partial charge in [-0.05, 0) is 67.3 Å². The van der Waals surface area contributed by atoms with Crippen LogP contribution in [0.15, 0.2) is 48.5 Å². The Morgan fingerprint density at radius 1 is 1.00 bits per heavy atom. The lowest BCUT2D eigenvalue weighted by atomic mass is 9.65. The second kappa shape index (κ2) is 7.77. The molecule has 26 heavy (non-hydrogen) atoms. The van der Waals surface area contributed by atoms with Gasteiger partial charge in [0.2, 0.25) is 0 Å². The zero-order chi connectivity index (χ0) is 17.3. The van der Waals surface area contributed by atoms with Gasteiger partial charge in [-0.25, -0.2) is 0 Å². The van der Waals surface area contributed by atoms with E-state index in [1.54, 1.807) is 23.3 Å². The third-order valence-corrected chi connectivity index (χ3v) is 6.06. The van der Waals surface area contributed by atoms with Crippen molar-refractivity contribution in [1.82, 2.24) is 4.90 Å². The normalized spacial score (nSPS) is 18.8. The Balaban J connectivity index is 0.00000196. The first-order valence-electron chi connectivity index (χ1n) is 9.20. The van der Waals surface area contributed by atoms with Crippen LogP contribution in [-0.4, -0.2) is 22.9 Å². The molecule has 1 aliphatic heterocycles. The van der Waals surface area contributed by atoms with E-state index in [4.69, 9.17) is 0 Å². The van der Waals surface area contributed by atoms with Crippen molar-refractivity contribution in [2.75, 3.05) is 13.1 Å². The molecule has 1 aliphatic carbocycles. The van der Waals surface area contributed by atoms with Gasteiger partial charge in [-0.2, -0.15) is 0 Å². The van der Waals surface area contributed by atoms with E-state index in [1.165, 1.54) is 32.1 Å². The Kier molecular flexibility index (Phi) is 5.64. The van der Waals surface area contributed by atoms with Crippen molar-refractivity contribution in [1.29, 1.82) is 0 Å². The highest BCUT2D eigenvalue weighted by atomic mass is 35.5. The number of likely N-dealkylation sites (tertiary alicyclic amines) is 1. The largest absolute Gasteiger partial charge is 0.299 e. The molecule has 2 aliphatic rings. The van der Waals surface area contributed by atoms with Gasteiger partial charge < -0.3 is 0 Å². The predicted molar refractivity (Wildman–Crippen MR) is 106 cm³/mol. The molecule has 0 unspecified atom stereocenters. The highest BCUT2D eigenvalue weighted by Crippen LogP contribution is 2.44. The van der Waals surface area contributed by atoms with E-state index in [0.29, 0.717) is 5.41 Å². The first-order valence-corrected chi connectivity index (χ1v) is 9.20. The molecule has 1 saturated heterocycles. The number of halogens is 1. The summed E-state index contributed by atoms with van der Waals surface area (Å²) in [6.45, 7) is 3.09. The SMILES string of the molecule is Cl.O=[N+]([O-])c1ccc(CN2CCC3(CCCc4ccccc43)CC2)cc1. The standard InChI is InChI=1S/C21H24N2O2.ClH/c24-23(25)19-9-7-17(8-10-19)16-22-14-12-21(13-15-22)11-3-5-18-4-1-2-6-20(18)21;/h1-2,4,6-10H,3,5,11-16H2;1H. The molecule has 5 heteroatoms. The Labute approximate surface area is 160 Å². The van der Waals surface area contributed by atoms with Gasteiger partial charge in [-0.15, -0.1) is 12.4 Å². The number of fused-ring (bicyclic) bond motifs is 2. The zero-order valence-corrected chi connectivity index (χ0v) is 15.7. The minimum Gasteiger partial charge on any atom is -0.299 e. The third kappa shape index (κ3) is 3.62. The highest BCUT2D eigenvalue weighted by Gasteiger charge is 2.38. The molecule has 1 heterocycles. The van der Waals surface area contributed by atoms with Gasteiger partial charge in [0.15, 0.2) is 0 Å². The average molecular weight is 373 g/mol. The van der Waals surface area contributed by atoms with Crippen molar-refractivity contribution in [3.8, 4) is 0 Å².